The molecule has 1 aromatic heterocycles. The average Bonchev–Trinajstić information content (AvgIpc) is 2.63. The first-order valence-electron chi connectivity index (χ1n) is 8.57. The number of benzene rings is 2. The number of aromatic hydroxyl groups is 1. The second-order valence-electron chi connectivity index (χ2n) is 6.69. The van der Waals surface area contributed by atoms with E-state index in [2.05, 4.69) is 18.8 Å². The lowest BCUT2D eigenvalue weighted by Crippen LogP contribution is -2.29. The third-order valence-corrected chi connectivity index (χ3v) is 4.04. The van der Waals surface area contributed by atoms with Gasteiger partial charge in [0.2, 0.25) is 0 Å². The number of para-hydroxylation sites is 1. The molecule has 0 saturated heterocycles. The Balaban J connectivity index is 2.05. The van der Waals surface area contributed by atoms with E-state index in [1.165, 1.54) is 6.33 Å². The number of hydrogen-bond donors (Lipinski definition) is 1. The van der Waals surface area contributed by atoms with Crippen molar-refractivity contribution >= 4 is 0 Å². The van der Waals surface area contributed by atoms with E-state index in [-0.39, 0.29) is 5.75 Å². The van der Waals surface area contributed by atoms with Gasteiger partial charge in [0.05, 0.1) is 12.2 Å². The molecule has 0 unspecified atom stereocenters. The van der Waals surface area contributed by atoms with E-state index in [4.69, 9.17) is 4.74 Å². The summed E-state index contributed by atoms with van der Waals surface area (Å²) in [6, 6.07) is 14.5. The molecule has 3 aromatic rings. The van der Waals surface area contributed by atoms with Gasteiger partial charge < -0.3 is 15.1 Å². The molecule has 5 heteroatoms. The average molecular weight is 350 g/mol. The van der Waals surface area contributed by atoms with Crippen LogP contribution in [0.3, 0.4) is 0 Å². The lowest BCUT2D eigenvalue weighted by molar-refractivity contribution is -0.597. The summed E-state index contributed by atoms with van der Waals surface area (Å²) in [6.45, 7) is 6.55. The normalized spacial score (nSPS) is 10.9. The fraction of sp³-hybridized carbons (Fsp3) is 0.238. The summed E-state index contributed by atoms with van der Waals surface area (Å²) in [5.41, 5.74) is 3.45. The smallest absolute Gasteiger partial charge is 0.290 e. The van der Waals surface area contributed by atoms with Crippen molar-refractivity contribution in [3.63, 3.8) is 0 Å². The first-order chi connectivity index (χ1) is 12.5. The van der Waals surface area contributed by atoms with Crippen LogP contribution in [0.2, 0.25) is 0 Å². The highest BCUT2D eigenvalue weighted by molar-refractivity contribution is 5.70. The number of phenols is 1. The van der Waals surface area contributed by atoms with Gasteiger partial charge in [-0.05, 0) is 53.7 Å². The lowest BCUT2D eigenvalue weighted by atomic mass is 10.0. The van der Waals surface area contributed by atoms with Crippen LogP contribution in [-0.4, -0.2) is 16.7 Å². The number of aromatic nitrogens is 2. The summed E-state index contributed by atoms with van der Waals surface area (Å²) in [6.07, 6.45) is 1.26. The van der Waals surface area contributed by atoms with Crippen LogP contribution in [0.5, 0.6) is 11.5 Å². The minimum atomic E-state index is 0.233. The molecular formula is C21H22N2O3. The van der Waals surface area contributed by atoms with Crippen LogP contribution < -0.4 is 9.47 Å². The summed E-state index contributed by atoms with van der Waals surface area (Å²) in [4.78, 5) is 4.24. The summed E-state index contributed by atoms with van der Waals surface area (Å²) in [5.74, 6) is 1.29. The molecule has 0 aliphatic heterocycles. The van der Waals surface area contributed by atoms with Crippen molar-refractivity contribution in [2.75, 3.05) is 6.61 Å². The van der Waals surface area contributed by atoms with Crippen molar-refractivity contribution in [1.82, 2.24) is 4.98 Å². The van der Waals surface area contributed by atoms with Crippen molar-refractivity contribution in [2.24, 2.45) is 5.92 Å². The topological polar surface area (TPSA) is 69.3 Å². The van der Waals surface area contributed by atoms with Crippen LogP contribution in [0.4, 0.5) is 0 Å². The van der Waals surface area contributed by atoms with E-state index < -0.39 is 0 Å². The first-order valence-corrected chi connectivity index (χ1v) is 8.57. The Morgan fingerprint density at radius 2 is 1.92 bits per heavy atom. The molecule has 26 heavy (non-hydrogen) atoms. The van der Waals surface area contributed by atoms with E-state index in [1.54, 1.807) is 18.2 Å². The maximum atomic E-state index is 12.4. The fourth-order valence-electron chi connectivity index (χ4n) is 2.64. The Morgan fingerprint density at radius 1 is 1.15 bits per heavy atom. The van der Waals surface area contributed by atoms with Gasteiger partial charge in [-0.25, -0.2) is 4.73 Å². The molecule has 0 amide bonds. The van der Waals surface area contributed by atoms with Crippen molar-refractivity contribution in [3.8, 4) is 34.0 Å². The monoisotopic (exact) mass is 350 g/mol. The number of hydrogen-bond acceptors (Lipinski definition) is 4. The van der Waals surface area contributed by atoms with E-state index in [1.807, 2.05) is 37.3 Å². The van der Waals surface area contributed by atoms with Gasteiger partial charge in [0.15, 0.2) is 5.69 Å². The third kappa shape index (κ3) is 3.77. The molecule has 0 saturated carbocycles. The molecule has 0 fully saturated rings. The molecule has 0 radical (unpaired) electrons. The highest BCUT2D eigenvalue weighted by Gasteiger charge is 2.16. The van der Waals surface area contributed by atoms with Crippen LogP contribution in [0.1, 0.15) is 19.4 Å². The minimum Gasteiger partial charge on any atom is -0.710 e. The van der Waals surface area contributed by atoms with Crippen molar-refractivity contribution < 1.29 is 14.6 Å². The number of phenolic OH excluding ortho intramolecular Hbond substituents is 1. The summed E-state index contributed by atoms with van der Waals surface area (Å²) < 4.78 is 6.63. The van der Waals surface area contributed by atoms with Gasteiger partial charge >= 0.3 is 0 Å². The zero-order chi connectivity index (χ0) is 18.7. The number of ether oxygens (including phenoxy) is 1. The maximum absolute atomic E-state index is 12.4. The SMILES string of the molecule is Cc1cc(-c2cc(-c3ccccc3OCC(C)C)[n+]([O-])cn2)ccc1O. The van der Waals surface area contributed by atoms with Crippen molar-refractivity contribution in [3.05, 3.63) is 65.6 Å². The van der Waals surface area contributed by atoms with Crippen LogP contribution in [0.25, 0.3) is 22.5 Å². The van der Waals surface area contributed by atoms with Crippen LogP contribution in [-0.2, 0) is 0 Å². The van der Waals surface area contributed by atoms with Crippen molar-refractivity contribution in [1.29, 1.82) is 0 Å². The second-order valence-corrected chi connectivity index (χ2v) is 6.69. The number of nitrogens with zero attached hydrogens (tertiary/aromatic N) is 2. The van der Waals surface area contributed by atoms with Crippen LogP contribution in [0.15, 0.2) is 54.9 Å². The summed E-state index contributed by atoms with van der Waals surface area (Å²) >= 11 is 0. The van der Waals surface area contributed by atoms with Gasteiger partial charge in [0.25, 0.3) is 6.33 Å². The number of rotatable bonds is 5. The molecule has 0 aliphatic carbocycles. The molecule has 2 aromatic carbocycles. The Hall–Kier alpha value is -3.08. The predicted molar refractivity (Wildman–Crippen MR) is 101 cm³/mol. The lowest BCUT2D eigenvalue weighted by Gasteiger charge is -2.15. The third-order valence-electron chi connectivity index (χ3n) is 4.04. The molecule has 134 valence electrons. The van der Waals surface area contributed by atoms with Gasteiger partial charge in [0.1, 0.15) is 17.2 Å². The Kier molecular flexibility index (Phi) is 5.07. The Bertz CT molecular complexity index is 923. The van der Waals surface area contributed by atoms with E-state index >= 15 is 0 Å². The molecule has 0 spiro atoms. The highest BCUT2D eigenvalue weighted by Crippen LogP contribution is 2.30. The van der Waals surface area contributed by atoms with Gasteiger partial charge in [-0.1, -0.05) is 26.0 Å². The standard InChI is InChI=1S/C21H22N2O3/c1-14(2)12-26-21-7-5-4-6-17(21)19-11-18(22-13-23(19)25)16-8-9-20(24)15(3)10-16/h4-11,13-14,24H,12H2,1-3H3. The maximum Gasteiger partial charge on any atom is 0.290 e. The van der Waals surface area contributed by atoms with Crippen molar-refractivity contribution in [2.45, 2.75) is 20.8 Å². The van der Waals surface area contributed by atoms with E-state index in [9.17, 15) is 10.3 Å². The Morgan fingerprint density at radius 3 is 2.65 bits per heavy atom. The quantitative estimate of drug-likeness (QED) is 0.556. The zero-order valence-electron chi connectivity index (χ0n) is 15.1. The molecule has 0 atom stereocenters. The molecule has 0 aliphatic rings. The zero-order valence-corrected chi connectivity index (χ0v) is 15.1. The molecule has 0 bridgehead atoms. The summed E-state index contributed by atoms with van der Waals surface area (Å²) in [7, 11) is 0. The molecule has 5 nitrogen and oxygen atoms in total. The van der Waals surface area contributed by atoms with Crippen LogP contribution in [0, 0.1) is 18.0 Å². The predicted octanol–water partition coefficient (Wildman–Crippen LogP) is 4.10. The minimum absolute atomic E-state index is 0.233. The molecule has 1 heterocycles. The molecular weight excluding hydrogens is 328 g/mol. The van der Waals surface area contributed by atoms with Crippen LogP contribution >= 0.6 is 0 Å². The highest BCUT2D eigenvalue weighted by atomic mass is 16.5. The van der Waals surface area contributed by atoms with E-state index in [0.717, 1.165) is 21.4 Å². The second kappa shape index (κ2) is 7.44. The molecule has 1 N–H and O–H groups in total. The molecule has 3 rings (SSSR count). The van der Waals surface area contributed by atoms with E-state index in [0.29, 0.717) is 29.7 Å². The van der Waals surface area contributed by atoms with Gasteiger partial charge in [-0.2, -0.15) is 0 Å². The summed E-state index contributed by atoms with van der Waals surface area (Å²) in [5, 5.41) is 22.1. The first kappa shape index (κ1) is 17.7. The Labute approximate surface area is 153 Å². The van der Waals surface area contributed by atoms with Gasteiger partial charge in [0, 0.05) is 11.6 Å². The van der Waals surface area contributed by atoms with Gasteiger partial charge in [-0.3, -0.25) is 0 Å². The number of aryl methyl sites for hydroxylation is 1. The fourth-order valence-corrected chi connectivity index (χ4v) is 2.64. The van der Waals surface area contributed by atoms with Gasteiger partial charge in [-0.15, -0.1) is 0 Å². The largest absolute Gasteiger partial charge is 0.710 e.